The monoisotopic (exact) mass is 404 g/mol. The highest BCUT2D eigenvalue weighted by molar-refractivity contribution is 5.94. The summed E-state index contributed by atoms with van der Waals surface area (Å²) in [5, 5.41) is 10.7. The minimum Gasteiger partial charge on any atom is -0.452 e. The van der Waals surface area contributed by atoms with Crippen LogP contribution in [-0.2, 0) is 20.9 Å². The third-order valence-electron chi connectivity index (χ3n) is 4.34. The minimum atomic E-state index is -0.627. The van der Waals surface area contributed by atoms with E-state index in [1.54, 1.807) is 10.9 Å². The Morgan fingerprint density at radius 2 is 1.83 bits per heavy atom. The number of nitrogens with zero attached hydrogens (tertiary/aromatic N) is 3. The molecule has 1 aromatic heterocycles. The van der Waals surface area contributed by atoms with Crippen LogP contribution in [-0.4, -0.2) is 33.5 Å². The number of anilines is 1. The molecule has 0 aliphatic carbocycles. The molecule has 0 unspecified atom stereocenters. The summed E-state index contributed by atoms with van der Waals surface area (Å²) in [4.78, 5) is 23.8. The van der Waals surface area contributed by atoms with E-state index >= 15 is 0 Å². The molecule has 154 valence electrons. The van der Waals surface area contributed by atoms with Crippen LogP contribution in [0.3, 0.4) is 0 Å². The van der Waals surface area contributed by atoms with Gasteiger partial charge in [-0.15, -0.1) is 5.10 Å². The molecule has 0 radical (unpaired) electrons. The molecule has 0 saturated carbocycles. The van der Waals surface area contributed by atoms with Gasteiger partial charge >= 0.3 is 5.97 Å². The molecule has 0 spiro atoms. The van der Waals surface area contributed by atoms with Gasteiger partial charge in [-0.2, -0.15) is 0 Å². The van der Waals surface area contributed by atoms with Gasteiger partial charge in [0, 0.05) is 11.8 Å². The average Bonchev–Trinajstić information content (AvgIpc) is 3.19. The zero-order valence-electron chi connectivity index (χ0n) is 17.0. The summed E-state index contributed by atoms with van der Waals surface area (Å²) in [6.45, 7) is 4.43. The number of ether oxygens (including phenoxy) is 1. The van der Waals surface area contributed by atoms with Crippen molar-refractivity contribution in [3.05, 3.63) is 83.7 Å². The molecule has 0 saturated heterocycles. The first-order valence-electron chi connectivity index (χ1n) is 9.68. The SMILES string of the molecule is CC(C)c1ccc(NC(=O)COC(=O)/C=C/c2cn(Cc3ccccc3)nn2)cc1. The number of amides is 1. The van der Waals surface area contributed by atoms with Gasteiger partial charge in [0.05, 0.1) is 12.7 Å². The first kappa shape index (κ1) is 21.0. The lowest BCUT2D eigenvalue weighted by molar-refractivity contribution is -0.142. The summed E-state index contributed by atoms with van der Waals surface area (Å²) in [6, 6.07) is 17.4. The number of esters is 1. The molecular formula is C23H24N4O3. The van der Waals surface area contributed by atoms with Gasteiger partial charge in [0.1, 0.15) is 5.69 Å². The molecule has 0 bridgehead atoms. The largest absolute Gasteiger partial charge is 0.452 e. The van der Waals surface area contributed by atoms with Crippen LogP contribution in [0.4, 0.5) is 5.69 Å². The Bertz CT molecular complexity index is 1010. The molecule has 0 aliphatic heterocycles. The lowest BCUT2D eigenvalue weighted by Gasteiger charge is -2.08. The number of hydrogen-bond acceptors (Lipinski definition) is 5. The fourth-order valence-electron chi connectivity index (χ4n) is 2.72. The van der Waals surface area contributed by atoms with Crippen molar-refractivity contribution >= 4 is 23.6 Å². The molecule has 0 fully saturated rings. The van der Waals surface area contributed by atoms with Crippen molar-refractivity contribution < 1.29 is 14.3 Å². The Kier molecular flexibility index (Phi) is 7.10. The number of rotatable bonds is 8. The molecule has 1 N–H and O–H groups in total. The summed E-state index contributed by atoms with van der Waals surface area (Å²) >= 11 is 0. The predicted molar refractivity (Wildman–Crippen MR) is 115 cm³/mol. The van der Waals surface area contributed by atoms with E-state index in [-0.39, 0.29) is 6.61 Å². The number of benzene rings is 2. The van der Waals surface area contributed by atoms with Gasteiger partial charge in [0.15, 0.2) is 6.61 Å². The molecule has 2 aromatic carbocycles. The zero-order chi connectivity index (χ0) is 21.3. The third kappa shape index (κ3) is 6.41. The quantitative estimate of drug-likeness (QED) is 0.458. The Morgan fingerprint density at radius 3 is 2.53 bits per heavy atom. The highest BCUT2D eigenvalue weighted by Gasteiger charge is 2.07. The fraction of sp³-hybridized carbons (Fsp3) is 0.217. The van der Waals surface area contributed by atoms with Crippen LogP contribution in [0.1, 0.15) is 36.6 Å². The number of carbonyl (C=O) groups excluding carboxylic acids is 2. The summed E-state index contributed by atoms with van der Waals surface area (Å²) < 4.78 is 6.65. The Labute approximate surface area is 175 Å². The first-order valence-corrected chi connectivity index (χ1v) is 9.68. The van der Waals surface area contributed by atoms with Crippen LogP contribution in [0.15, 0.2) is 66.9 Å². The summed E-state index contributed by atoms with van der Waals surface area (Å²) in [7, 11) is 0. The predicted octanol–water partition coefficient (Wildman–Crippen LogP) is 3.64. The summed E-state index contributed by atoms with van der Waals surface area (Å²) in [5.74, 6) is -0.608. The maximum atomic E-state index is 11.9. The lowest BCUT2D eigenvalue weighted by Crippen LogP contribution is -2.20. The van der Waals surface area contributed by atoms with E-state index in [4.69, 9.17) is 4.74 Å². The van der Waals surface area contributed by atoms with Crippen LogP contribution in [0.5, 0.6) is 0 Å². The maximum Gasteiger partial charge on any atom is 0.331 e. The zero-order valence-corrected chi connectivity index (χ0v) is 17.0. The van der Waals surface area contributed by atoms with Crippen molar-refractivity contribution in [3.63, 3.8) is 0 Å². The standard InChI is InChI=1S/C23H24N4O3/c1-17(2)19-8-10-20(11-9-19)24-22(28)16-30-23(29)13-12-21-15-27(26-25-21)14-18-6-4-3-5-7-18/h3-13,15,17H,14,16H2,1-2H3,(H,24,28)/b13-12+. The molecule has 3 rings (SSSR count). The Balaban J connectivity index is 1.44. The molecule has 1 amide bonds. The number of hydrogen-bond donors (Lipinski definition) is 1. The molecule has 3 aromatic rings. The van der Waals surface area contributed by atoms with Crippen molar-refractivity contribution in [2.24, 2.45) is 0 Å². The highest BCUT2D eigenvalue weighted by Crippen LogP contribution is 2.17. The number of aromatic nitrogens is 3. The minimum absolute atomic E-state index is 0.365. The maximum absolute atomic E-state index is 11.9. The highest BCUT2D eigenvalue weighted by atomic mass is 16.5. The average molecular weight is 404 g/mol. The van der Waals surface area contributed by atoms with E-state index in [1.807, 2.05) is 54.6 Å². The van der Waals surface area contributed by atoms with Gasteiger partial charge in [0.2, 0.25) is 0 Å². The molecule has 7 nitrogen and oxygen atoms in total. The van der Waals surface area contributed by atoms with Crippen LogP contribution in [0.25, 0.3) is 6.08 Å². The van der Waals surface area contributed by atoms with Crippen molar-refractivity contribution in [1.82, 2.24) is 15.0 Å². The molecular weight excluding hydrogens is 380 g/mol. The van der Waals surface area contributed by atoms with E-state index in [1.165, 1.54) is 17.7 Å². The van der Waals surface area contributed by atoms with Gasteiger partial charge in [-0.25, -0.2) is 9.48 Å². The number of carbonyl (C=O) groups is 2. The van der Waals surface area contributed by atoms with Crippen molar-refractivity contribution in [2.45, 2.75) is 26.3 Å². The Hall–Kier alpha value is -3.74. The lowest BCUT2D eigenvalue weighted by atomic mass is 10.0. The van der Waals surface area contributed by atoms with Gasteiger partial charge in [-0.05, 0) is 35.3 Å². The molecule has 0 aliphatic rings. The number of nitrogens with one attached hydrogen (secondary N) is 1. The van der Waals surface area contributed by atoms with Crippen LogP contribution >= 0.6 is 0 Å². The smallest absolute Gasteiger partial charge is 0.331 e. The van der Waals surface area contributed by atoms with E-state index in [0.29, 0.717) is 23.8 Å². The second-order valence-corrected chi connectivity index (χ2v) is 7.09. The summed E-state index contributed by atoms with van der Waals surface area (Å²) in [6.07, 6.45) is 4.45. The second kappa shape index (κ2) is 10.2. The van der Waals surface area contributed by atoms with Crippen LogP contribution in [0, 0.1) is 0 Å². The molecule has 1 heterocycles. The van der Waals surface area contributed by atoms with Gasteiger partial charge in [-0.1, -0.05) is 61.5 Å². The second-order valence-electron chi connectivity index (χ2n) is 7.09. The Morgan fingerprint density at radius 1 is 1.10 bits per heavy atom. The van der Waals surface area contributed by atoms with Crippen LogP contribution < -0.4 is 5.32 Å². The van der Waals surface area contributed by atoms with E-state index in [0.717, 1.165) is 5.56 Å². The fourth-order valence-corrected chi connectivity index (χ4v) is 2.72. The molecule has 30 heavy (non-hydrogen) atoms. The van der Waals surface area contributed by atoms with Crippen molar-refractivity contribution in [1.29, 1.82) is 0 Å². The normalized spacial score (nSPS) is 11.0. The van der Waals surface area contributed by atoms with Crippen LogP contribution in [0.2, 0.25) is 0 Å². The van der Waals surface area contributed by atoms with Crippen molar-refractivity contribution in [3.8, 4) is 0 Å². The summed E-state index contributed by atoms with van der Waals surface area (Å²) in [5.41, 5.74) is 3.47. The molecule has 0 atom stereocenters. The van der Waals surface area contributed by atoms with Crippen molar-refractivity contribution in [2.75, 3.05) is 11.9 Å². The van der Waals surface area contributed by atoms with E-state index in [2.05, 4.69) is 29.5 Å². The topological polar surface area (TPSA) is 86.1 Å². The van der Waals surface area contributed by atoms with Gasteiger partial charge in [-0.3, -0.25) is 4.79 Å². The first-order chi connectivity index (χ1) is 14.5. The van der Waals surface area contributed by atoms with E-state index < -0.39 is 11.9 Å². The molecule has 7 heteroatoms. The third-order valence-corrected chi connectivity index (χ3v) is 4.34. The van der Waals surface area contributed by atoms with Gasteiger partial charge < -0.3 is 10.1 Å². The van der Waals surface area contributed by atoms with Gasteiger partial charge in [0.25, 0.3) is 5.91 Å². The van der Waals surface area contributed by atoms with E-state index in [9.17, 15) is 9.59 Å².